The van der Waals surface area contributed by atoms with Crippen LogP contribution in [0.2, 0.25) is 0 Å². The number of ether oxygens (including phenoxy) is 1. The minimum atomic E-state index is -1.41. The summed E-state index contributed by atoms with van der Waals surface area (Å²) in [5.41, 5.74) is 0. The molecule has 6 N–H and O–H groups in total. The SMILES string of the molecule is CC(C)C(=O)NCCCCCC(=O)NCCCC[C@H](NC(=O)N[C@@H](CCC(=O)O)C(=O)O)OC=O. The average molecular weight is 503 g/mol. The van der Waals surface area contributed by atoms with Crippen molar-refractivity contribution in [2.75, 3.05) is 13.1 Å². The molecule has 0 radical (unpaired) electrons. The molecule has 4 amide bonds. The van der Waals surface area contributed by atoms with E-state index < -0.39 is 36.7 Å². The van der Waals surface area contributed by atoms with Gasteiger partial charge in [0.25, 0.3) is 6.47 Å². The van der Waals surface area contributed by atoms with Crippen molar-refractivity contribution in [3.8, 4) is 0 Å². The van der Waals surface area contributed by atoms with Crippen LogP contribution in [0.5, 0.6) is 0 Å². The first-order valence-corrected chi connectivity index (χ1v) is 11.7. The van der Waals surface area contributed by atoms with Crippen molar-refractivity contribution in [2.24, 2.45) is 5.92 Å². The number of nitrogens with one attached hydrogen (secondary N) is 4. The molecule has 0 aliphatic heterocycles. The molecule has 35 heavy (non-hydrogen) atoms. The van der Waals surface area contributed by atoms with Crippen LogP contribution in [0.25, 0.3) is 0 Å². The zero-order valence-corrected chi connectivity index (χ0v) is 20.3. The highest BCUT2D eigenvalue weighted by molar-refractivity contribution is 5.83. The van der Waals surface area contributed by atoms with E-state index >= 15 is 0 Å². The Hall–Kier alpha value is -3.38. The van der Waals surface area contributed by atoms with E-state index in [1.54, 1.807) is 0 Å². The first kappa shape index (κ1) is 31.6. The smallest absolute Gasteiger partial charge is 0.326 e. The van der Waals surface area contributed by atoms with Crippen LogP contribution < -0.4 is 21.3 Å². The van der Waals surface area contributed by atoms with E-state index in [4.69, 9.17) is 14.9 Å². The first-order chi connectivity index (χ1) is 16.6. The summed E-state index contributed by atoms with van der Waals surface area (Å²) in [5.74, 6) is -2.70. The average Bonchev–Trinajstić information content (AvgIpc) is 2.78. The number of hydrogen-bond donors (Lipinski definition) is 6. The van der Waals surface area contributed by atoms with E-state index in [1.807, 2.05) is 13.8 Å². The number of aliphatic carboxylic acids is 2. The molecule has 0 unspecified atom stereocenters. The number of hydrogen-bond acceptors (Lipinski definition) is 7. The number of unbranched alkanes of at least 4 members (excludes halogenated alkanes) is 3. The van der Waals surface area contributed by atoms with Gasteiger partial charge in [-0.3, -0.25) is 19.2 Å². The van der Waals surface area contributed by atoms with E-state index in [2.05, 4.69) is 21.3 Å². The Bertz CT molecular complexity index is 700. The summed E-state index contributed by atoms with van der Waals surface area (Å²) >= 11 is 0. The van der Waals surface area contributed by atoms with Crippen molar-refractivity contribution < 1.29 is 43.7 Å². The van der Waals surface area contributed by atoms with Gasteiger partial charge in [-0.05, 0) is 32.1 Å². The summed E-state index contributed by atoms with van der Waals surface area (Å²) in [6.45, 7) is 4.80. The molecule has 0 bridgehead atoms. The molecule has 0 fully saturated rings. The Kier molecular flexibility index (Phi) is 17.1. The van der Waals surface area contributed by atoms with Crippen LogP contribution >= 0.6 is 0 Å². The topological polar surface area (TPSA) is 200 Å². The number of carboxylic acids is 2. The Labute approximate surface area is 204 Å². The third-order valence-electron chi connectivity index (χ3n) is 4.88. The van der Waals surface area contributed by atoms with Crippen LogP contribution in [0.1, 0.15) is 71.6 Å². The molecular formula is C22H38N4O9. The Morgan fingerprint density at radius 1 is 0.829 bits per heavy atom. The molecular weight excluding hydrogens is 464 g/mol. The lowest BCUT2D eigenvalue weighted by Gasteiger charge is -2.19. The highest BCUT2D eigenvalue weighted by Crippen LogP contribution is 2.04. The Morgan fingerprint density at radius 3 is 2.09 bits per heavy atom. The van der Waals surface area contributed by atoms with Crippen LogP contribution in [0.4, 0.5) is 4.79 Å². The molecule has 0 rings (SSSR count). The lowest BCUT2D eigenvalue weighted by molar-refractivity contribution is -0.141. The van der Waals surface area contributed by atoms with Gasteiger partial charge < -0.3 is 36.2 Å². The van der Waals surface area contributed by atoms with Gasteiger partial charge in [0.15, 0.2) is 6.23 Å². The van der Waals surface area contributed by atoms with Gasteiger partial charge in [-0.25, -0.2) is 9.59 Å². The fourth-order valence-electron chi connectivity index (χ4n) is 2.89. The summed E-state index contributed by atoms with van der Waals surface area (Å²) in [7, 11) is 0. The zero-order chi connectivity index (χ0) is 26.6. The van der Waals surface area contributed by atoms with Gasteiger partial charge in [-0.2, -0.15) is 0 Å². The second-order valence-electron chi connectivity index (χ2n) is 8.26. The van der Waals surface area contributed by atoms with Gasteiger partial charge in [0, 0.05) is 38.3 Å². The van der Waals surface area contributed by atoms with Gasteiger partial charge in [0.1, 0.15) is 6.04 Å². The number of urea groups is 1. The van der Waals surface area contributed by atoms with Crippen LogP contribution in [-0.2, 0) is 28.7 Å². The van der Waals surface area contributed by atoms with Crippen molar-refractivity contribution in [1.29, 1.82) is 0 Å². The molecule has 0 aromatic heterocycles. The van der Waals surface area contributed by atoms with E-state index in [0.29, 0.717) is 38.8 Å². The highest BCUT2D eigenvalue weighted by Gasteiger charge is 2.22. The van der Waals surface area contributed by atoms with Crippen LogP contribution in [0, 0.1) is 5.92 Å². The largest absolute Gasteiger partial charge is 0.481 e. The maximum atomic E-state index is 12.0. The predicted molar refractivity (Wildman–Crippen MR) is 124 cm³/mol. The molecule has 2 atom stereocenters. The molecule has 200 valence electrons. The molecule has 13 nitrogen and oxygen atoms in total. The lowest BCUT2D eigenvalue weighted by Crippen LogP contribution is -2.49. The number of carbonyl (C=O) groups excluding carboxylic acids is 4. The molecule has 0 aromatic rings. The Morgan fingerprint density at radius 2 is 1.49 bits per heavy atom. The van der Waals surface area contributed by atoms with Crippen molar-refractivity contribution in [3.63, 3.8) is 0 Å². The third-order valence-corrected chi connectivity index (χ3v) is 4.88. The second kappa shape index (κ2) is 19.0. The minimum Gasteiger partial charge on any atom is -0.481 e. The van der Waals surface area contributed by atoms with Gasteiger partial charge in [0.2, 0.25) is 11.8 Å². The van der Waals surface area contributed by atoms with E-state index in [-0.39, 0.29) is 37.0 Å². The number of rotatable bonds is 20. The molecule has 0 saturated carbocycles. The van der Waals surface area contributed by atoms with Crippen LogP contribution in [-0.4, -0.2) is 71.8 Å². The molecule has 0 saturated heterocycles. The lowest BCUT2D eigenvalue weighted by atomic mass is 10.1. The monoisotopic (exact) mass is 502 g/mol. The van der Waals surface area contributed by atoms with Gasteiger partial charge in [-0.1, -0.05) is 20.3 Å². The van der Waals surface area contributed by atoms with E-state index in [1.165, 1.54) is 0 Å². The predicted octanol–water partition coefficient (Wildman–Crippen LogP) is 0.722. The molecule has 0 aliphatic rings. The number of carboxylic acid groups (broad SMARTS) is 2. The normalized spacial score (nSPS) is 12.2. The molecule has 0 heterocycles. The van der Waals surface area contributed by atoms with Crippen LogP contribution in [0.3, 0.4) is 0 Å². The van der Waals surface area contributed by atoms with Gasteiger partial charge >= 0.3 is 18.0 Å². The fourth-order valence-corrected chi connectivity index (χ4v) is 2.89. The zero-order valence-electron chi connectivity index (χ0n) is 20.3. The summed E-state index contributed by atoms with van der Waals surface area (Å²) in [5, 5.41) is 27.8. The summed E-state index contributed by atoms with van der Waals surface area (Å²) in [6, 6.07) is -2.32. The maximum absolute atomic E-state index is 12.0. The maximum Gasteiger partial charge on any atom is 0.326 e. The molecule has 0 spiro atoms. The fraction of sp³-hybridized carbons (Fsp3) is 0.727. The van der Waals surface area contributed by atoms with Crippen LogP contribution in [0.15, 0.2) is 0 Å². The van der Waals surface area contributed by atoms with Crippen molar-refractivity contribution in [1.82, 2.24) is 21.3 Å². The highest BCUT2D eigenvalue weighted by atomic mass is 16.5. The molecule has 0 aromatic carbocycles. The summed E-state index contributed by atoms with van der Waals surface area (Å²) in [6.07, 6.45) is 2.26. The minimum absolute atomic E-state index is 0.0135. The number of carbonyl (C=O) groups is 6. The van der Waals surface area contributed by atoms with Crippen molar-refractivity contribution in [3.05, 3.63) is 0 Å². The van der Waals surface area contributed by atoms with Crippen molar-refractivity contribution in [2.45, 2.75) is 83.9 Å². The Balaban J connectivity index is 4.07. The standard InChI is InChI=1S/C22H38N4O9/c1-15(2)20(31)24-13-6-3-4-8-17(28)23-12-7-5-9-18(35-14-27)26-22(34)25-16(21(32)33)10-11-19(29)30/h14-16,18H,3-13H2,1-2H3,(H,23,28)(H,24,31)(H,29,30)(H,32,33)(H2,25,26,34)/t16-,18+/m0/s1. The first-order valence-electron chi connectivity index (χ1n) is 11.7. The van der Waals surface area contributed by atoms with Gasteiger partial charge in [-0.15, -0.1) is 0 Å². The van der Waals surface area contributed by atoms with E-state index in [9.17, 15) is 28.8 Å². The quantitative estimate of drug-likeness (QED) is 0.0788. The number of amides is 4. The van der Waals surface area contributed by atoms with Crippen molar-refractivity contribution >= 4 is 36.3 Å². The van der Waals surface area contributed by atoms with Gasteiger partial charge in [0.05, 0.1) is 0 Å². The third kappa shape index (κ3) is 17.7. The summed E-state index contributed by atoms with van der Waals surface area (Å²) in [4.78, 5) is 67.7. The summed E-state index contributed by atoms with van der Waals surface area (Å²) < 4.78 is 4.79. The van der Waals surface area contributed by atoms with E-state index in [0.717, 1.165) is 12.8 Å². The molecule has 0 aliphatic carbocycles. The molecule has 13 heteroatoms. The second-order valence-corrected chi connectivity index (χ2v) is 8.26.